The Morgan fingerprint density at radius 3 is 2.27 bits per heavy atom. The molecule has 142 valence electrons. The number of amides is 2. The lowest BCUT2D eigenvalue weighted by molar-refractivity contribution is -0.132. The number of nitrogens with two attached hydrogens (primary N) is 1. The molecule has 0 bridgehead atoms. The van der Waals surface area contributed by atoms with E-state index in [1.807, 2.05) is 0 Å². The van der Waals surface area contributed by atoms with Crippen molar-refractivity contribution in [3.63, 3.8) is 0 Å². The van der Waals surface area contributed by atoms with Crippen LogP contribution < -0.4 is 10.5 Å². The lowest BCUT2D eigenvalue weighted by Crippen LogP contribution is -2.32. The van der Waals surface area contributed by atoms with Gasteiger partial charge < -0.3 is 15.4 Å². The van der Waals surface area contributed by atoms with Crippen LogP contribution in [0.25, 0.3) is 0 Å². The fourth-order valence-corrected chi connectivity index (χ4v) is 4.81. The highest BCUT2D eigenvalue weighted by Crippen LogP contribution is 2.26. The lowest BCUT2D eigenvalue weighted by atomic mass is 10.2. The van der Waals surface area contributed by atoms with Crippen molar-refractivity contribution in [1.29, 1.82) is 0 Å². The molecule has 0 radical (unpaired) electrons. The largest absolute Gasteiger partial charge is 0.483 e. The van der Waals surface area contributed by atoms with Crippen molar-refractivity contribution in [2.24, 2.45) is 5.73 Å². The van der Waals surface area contributed by atoms with E-state index in [-0.39, 0.29) is 28.7 Å². The molecule has 2 amide bonds. The van der Waals surface area contributed by atoms with E-state index < -0.39 is 15.9 Å². The molecule has 0 atom stereocenters. The van der Waals surface area contributed by atoms with Crippen molar-refractivity contribution in [3.8, 4) is 5.75 Å². The van der Waals surface area contributed by atoms with E-state index >= 15 is 0 Å². The predicted molar refractivity (Wildman–Crippen MR) is 94.3 cm³/mol. The first-order valence-corrected chi connectivity index (χ1v) is 10.2. The van der Waals surface area contributed by atoms with Gasteiger partial charge in [0, 0.05) is 26.2 Å². The molecule has 2 aliphatic heterocycles. The third-order valence-corrected chi connectivity index (χ3v) is 6.62. The van der Waals surface area contributed by atoms with Crippen molar-refractivity contribution in [1.82, 2.24) is 9.21 Å². The number of carbonyl (C=O) groups excluding carboxylic acids is 2. The second-order valence-electron chi connectivity index (χ2n) is 6.51. The van der Waals surface area contributed by atoms with Gasteiger partial charge in [-0.3, -0.25) is 9.59 Å². The molecule has 2 aliphatic rings. The number of primary amides is 1. The average molecular weight is 381 g/mol. The van der Waals surface area contributed by atoms with Crippen LogP contribution in [-0.4, -0.2) is 62.2 Å². The van der Waals surface area contributed by atoms with Gasteiger partial charge in [0.2, 0.25) is 10.0 Å². The van der Waals surface area contributed by atoms with E-state index in [4.69, 9.17) is 10.5 Å². The Kier molecular flexibility index (Phi) is 5.47. The van der Waals surface area contributed by atoms with Gasteiger partial charge in [-0.05, 0) is 43.9 Å². The standard InChI is InChI=1S/C17H23N3O5S/c18-17(22)14-11-13(26(23,24)20-9-3-4-10-20)5-6-15(14)25-12-16(21)19-7-1-2-8-19/h5-6,11H,1-4,7-10,12H2,(H2,18,22). The molecule has 0 aliphatic carbocycles. The number of nitrogens with zero attached hydrogens (tertiary/aromatic N) is 2. The predicted octanol–water partition coefficient (Wildman–Crippen LogP) is 0.571. The van der Waals surface area contributed by atoms with Crippen molar-refractivity contribution in [3.05, 3.63) is 23.8 Å². The van der Waals surface area contributed by atoms with Crippen molar-refractivity contribution in [2.75, 3.05) is 32.8 Å². The monoisotopic (exact) mass is 381 g/mol. The Morgan fingerprint density at radius 2 is 1.65 bits per heavy atom. The minimum atomic E-state index is -3.66. The second kappa shape index (κ2) is 7.63. The quantitative estimate of drug-likeness (QED) is 0.775. The fraction of sp³-hybridized carbons (Fsp3) is 0.529. The molecule has 0 spiro atoms. The lowest BCUT2D eigenvalue weighted by Gasteiger charge is -2.18. The van der Waals surface area contributed by atoms with E-state index in [1.54, 1.807) is 4.90 Å². The van der Waals surface area contributed by atoms with E-state index in [1.165, 1.54) is 22.5 Å². The molecule has 2 N–H and O–H groups in total. The summed E-state index contributed by atoms with van der Waals surface area (Å²) >= 11 is 0. The van der Waals surface area contributed by atoms with Gasteiger partial charge in [-0.2, -0.15) is 4.31 Å². The van der Waals surface area contributed by atoms with E-state index in [9.17, 15) is 18.0 Å². The summed E-state index contributed by atoms with van der Waals surface area (Å²) < 4.78 is 32.1. The minimum Gasteiger partial charge on any atom is -0.483 e. The summed E-state index contributed by atoms with van der Waals surface area (Å²) in [6.07, 6.45) is 3.59. The fourth-order valence-electron chi connectivity index (χ4n) is 3.26. The number of likely N-dealkylation sites (tertiary alicyclic amines) is 1. The van der Waals surface area contributed by atoms with Crippen LogP contribution in [0.1, 0.15) is 36.0 Å². The number of hydrogen-bond donors (Lipinski definition) is 1. The summed E-state index contributed by atoms with van der Waals surface area (Å²) in [6, 6.07) is 4.00. The van der Waals surface area contributed by atoms with Crippen LogP contribution in [0.2, 0.25) is 0 Å². The van der Waals surface area contributed by atoms with Gasteiger partial charge in [0.1, 0.15) is 5.75 Å². The molecular formula is C17H23N3O5S. The van der Waals surface area contributed by atoms with Crippen LogP contribution in [0.3, 0.4) is 0 Å². The number of carbonyl (C=O) groups is 2. The highest BCUT2D eigenvalue weighted by Gasteiger charge is 2.28. The van der Waals surface area contributed by atoms with Gasteiger partial charge >= 0.3 is 0 Å². The van der Waals surface area contributed by atoms with E-state index in [0.717, 1.165) is 25.7 Å². The molecule has 2 heterocycles. The third kappa shape index (κ3) is 3.83. The van der Waals surface area contributed by atoms with Crippen LogP contribution in [0.5, 0.6) is 5.75 Å². The molecular weight excluding hydrogens is 358 g/mol. The van der Waals surface area contributed by atoms with Crippen LogP contribution >= 0.6 is 0 Å². The Bertz CT molecular complexity index is 797. The maximum Gasteiger partial charge on any atom is 0.260 e. The molecule has 0 saturated carbocycles. The molecule has 0 unspecified atom stereocenters. The zero-order valence-corrected chi connectivity index (χ0v) is 15.3. The summed E-state index contributed by atoms with van der Waals surface area (Å²) in [5.41, 5.74) is 5.34. The SMILES string of the molecule is NC(=O)c1cc(S(=O)(=O)N2CCCC2)ccc1OCC(=O)N1CCCC1. The van der Waals surface area contributed by atoms with E-state index in [0.29, 0.717) is 26.2 Å². The molecule has 2 fully saturated rings. The van der Waals surface area contributed by atoms with Gasteiger partial charge in [-0.25, -0.2) is 8.42 Å². The maximum absolute atomic E-state index is 12.6. The number of benzene rings is 1. The first-order chi connectivity index (χ1) is 12.4. The Labute approximate surface area is 152 Å². The number of rotatable bonds is 6. The van der Waals surface area contributed by atoms with Gasteiger partial charge in [0.05, 0.1) is 10.5 Å². The Balaban J connectivity index is 1.78. The summed E-state index contributed by atoms with van der Waals surface area (Å²) in [5, 5.41) is 0. The summed E-state index contributed by atoms with van der Waals surface area (Å²) in [6.45, 7) is 2.14. The van der Waals surface area contributed by atoms with Crippen molar-refractivity contribution >= 4 is 21.8 Å². The molecule has 1 aromatic carbocycles. The molecule has 8 nitrogen and oxygen atoms in total. The topological polar surface area (TPSA) is 110 Å². The zero-order valence-electron chi connectivity index (χ0n) is 14.5. The highest BCUT2D eigenvalue weighted by atomic mass is 32.2. The van der Waals surface area contributed by atoms with Gasteiger partial charge in [-0.15, -0.1) is 0 Å². The molecule has 9 heteroatoms. The smallest absolute Gasteiger partial charge is 0.260 e. The first kappa shape index (κ1) is 18.7. The number of hydrogen-bond acceptors (Lipinski definition) is 5. The summed E-state index contributed by atoms with van der Waals surface area (Å²) in [7, 11) is -3.66. The number of sulfonamides is 1. The third-order valence-electron chi connectivity index (χ3n) is 4.73. The van der Waals surface area contributed by atoms with Crippen molar-refractivity contribution in [2.45, 2.75) is 30.6 Å². The van der Waals surface area contributed by atoms with Gasteiger partial charge in [-0.1, -0.05) is 0 Å². The Hall–Kier alpha value is -2.13. The van der Waals surface area contributed by atoms with Gasteiger partial charge in [0.25, 0.3) is 11.8 Å². The van der Waals surface area contributed by atoms with Gasteiger partial charge in [0.15, 0.2) is 6.61 Å². The zero-order chi connectivity index (χ0) is 18.7. The normalized spacial score (nSPS) is 18.2. The summed E-state index contributed by atoms with van der Waals surface area (Å²) in [4.78, 5) is 25.6. The molecule has 3 rings (SSSR count). The highest BCUT2D eigenvalue weighted by molar-refractivity contribution is 7.89. The van der Waals surface area contributed by atoms with Crippen molar-refractivity contribution < 1.29 is 22.7 Å². The Morgan fingerprint density at radius 1 is 1.04 bits per heavy atom. The molecule has 0 aromatic heterocycles. The minimum absolute atomic E-state index is 0.00594. The molecule has 2 saturated heterocycles. The van der Waals surface area contributed by atoms with Crippen LogP contribution in [0, 0.1) is 0 Å². The maximum atomic E-state index is 12.6. The van der Waals surface area contributed by atoms with Crippen LogP contribution in [0.15, 0.2) is 23.1 Å². The number of ether oxygens (including phenoxy) is 1. The molecule has 26 heavy (non-hydrogen) atoms. The summed E-state index contributed by atoms with van der Waals surface area (Å²) in [5.74, 6) is -0.843. The van der Waals surface area contributed by atoms with E-state index in [2.05, 4.69) is 0 Å². The second-order valence-corrected chi connectivity index (χ2v) is 8.45. The first-order valence-electron chi connectivity index (χ1n) is 8.74. The van der Waals surface area contributed by atoms with Crippen LogP contribution in [-0.2, 0) is 14.8 Å². The molecule has 1 aromatic rings. The van der Waals surface area contributed by atoms with Crippen LogP contribution in [0.4, 0.5) is 0 Å². The average Bonchev–Trinajstić information content (AvgIpc) is 3.32.